The molecule has 3 heteroatoms. The van der Waals surface area contributed by atoms with Gasteiger partial charge in [0.2, 0.25) is 5.91 Å². The highest BCUT2D eigenvalue weighted by molar-refractivity contribution is 8.00. The van der Waals surface area contributed by atoms with E-state index in [1.165, 1.54) is 24.2 Å². The maximum atomic E-state index is 12.6. The Balaban J connectivity index is 1.58. The lowest BCUT2D eigenvalue weighted by Crippen LogP contribution is -2.37. The van der Waals surface area contributed by atoms with Gasteiger partial charge >= 0.3 is 0 Å². The fourth-order valence-corrected chi connectivity index (χ4v) is 4.47. The molecule has 1 aliphatic carbocycles. The first kappa shape index (κ1) is 14.0. The van der Waals surface area contributed by atoms with Gasteiger partial charge in [0, 0.05) is 24.3 Å². The van der Waals surface area contributed by atoms with Crippen LogP contribution in [-0.4, -0.2) is 34.9 Å². The molecule has 108 valence electrons. The second-order valence-corrected chi connectivity index (χ2v) is 7.28. The molecule has 1 unspecified atom stereocenters. The predicted octanol–water partition coefficient (Wildman–Crippen LogP) is 3.53. The van der Waals surface area contributed by atoms with Crippen LogP contribution in [0.4, 0.5) is 0 Å². The van der Waals surface area contributed by atoms with Gasteiger partial charge in [0.15, 0.2) is 0 Å². The summed E-state index contributed by atoms with van der Waals surface area (Å²) in [7, 11) is 0. The Morgan fingerprint density at radius 1 is 1.35 bits per heavy atom. The van der Waals surface area contributed by atoms with Gasteiger partial charge in [-0.1, -0.05) is 30.3 Å². The van der Waals surface area contributed by atoms with E-state index in [0.29, 0.717) is 17.1 Å². The van der Waals surface area contributed by atoms with Crippen molar-refractivity contribution in [2.24, 2.45) is 5.92 Å². The second-order valence-electron chi connectivity index (χ2n) is 5.87. The van der Waals surface area contributed by atoms with Crippen LogP contribution in [0.25, 0.3) is 0 Å². The number of nitrogens with zero attached hydrogens (tertiary/aromatic N) is 1. The Morgan fingerprint density at radius 3 is 2.80 bits per heavy atom. The van der Waals surface area contributed by atoms with Crippen molar-refractivity contribution in [3.63, 3.8) is 0 Å². The molecule has 1 heterocycles. The van der Waals surface area contributed by atoms with Crippen LogP contribution in [0, 0.1) is 5.92 Å². The Kier molecular flexibility index (Phi) is 4.35. The molecule has 1 aromatic carbocycles. The Morgan fingerprint density at radius 2 is 2.15 bits per heavy atom. The van der Waals surface area contributed by atoms with Crippen LogP contribution in [0.15, 0.2) is 30.3 Å². The molecule has 0 bridgehead atoms. The summed E-state index contributed by atoms with van der Waals surface area (Å²) < 4.78 is 0. The van der Waals surface area contributed by atoms with Crippen molar-refractivity contribution in [3.05, 3.63) is 35.9 Å². The van der Waals surface area contributed by atoms with Crippen LogP contribution in [0.1, 0.15) is 37.7 Å². The van der Waals surface area contributed by atoms with Gasteiger partial charge in [-0.25, -0.2) is 0 Å². The highest BCUT2D eigenvalue weighted by Crippen LogP contribution is 2.48. The van der Waals surface area contributed by atoms with Crippen molar-refractivity contribution in [1.82, 2.24) is 4.90 Å². The summed E-state index contributed by atoms with van der Waals surface area (Å²) in [5.74, 6) is 2.36. The molecule has 20 heavy (non-hydrogen) atoms. The minimum atomic E-state index is 0.240. The van der Waals surface area contributed by atoms with Crippen molar-refractivity contribution < 1.29 is 4.79 Å². The summed E-state index contributed by atoms with van der Waals surface area (Å²) in [5, 5.41) is 0.674. The van der Waals surface area contributed by atoms with Crippen LogP contribution in [0.5, 0.6) is 0 Å². The van der Waals surface area contributed by atoms with Gasteiger partial charge in [-0.3, -0.25) is 4.79 Å². The molecule has 1 amide bonds. The largest absolute Gasteiger partial charge is 0.342 e. The standard InChI is InChI=1S/C17H23NOS/c1-2-18(12-14-9-6-10-20-14)17(19)16-11-15(16)13-7-4-3-5-8-13/h3-5,7-8,14-16H,2,6,9-12H2,1H3/t14?,15-,16+/m1/s1. The predicted molar refractivity (Wildman–Crippen MR) is 85.0 cm³/mol. The minimum absolute atomic E-state index is 0.240. The fourth-order valence-electron chi connectivity index (χ4n) is 3.18. The third-order valence-corrected chi connectivity index (χ3v) is 5.86. The summed E-state index contributed by atoms with van der Waals surface area (Å²) >= 11 is 2.04. The normalized spacial score (nSPS) is 28.4. The summed E-state index contributed by atoms with van der Waals surface area (Å²) in [6.45, 7) is 3.92. The third-order valence-electron chi connectivity index (χ3n) is 4.48. The van der Waals surface area contributed by atoms with Gasteiger partial charge in [-0.2, -0.15) is 11.8 Å². The van der Waals surface area contributed by atoms with Crippen LogP contribution >= 0.6 is 11.8 Å². The first-order valence-corrected chi connectivity index (χ1v) is 8.79. The number of hydrogen-bond donors (Lipinski definition) is 0. The maximum absolute atomic E-state index is 12.6. The van der Waals surface area contributed by atoms with E-state index in [2.05, 4.69) is 36.1 Å². The van der Waals surface area contributed by atoms with Gasteiger partial charge in [-0.15, -0.1) is 0 Å². The molecule has 0 aromatic heterocycles. The zero-order valence-corrected chi connectivity index (χ0v) is 12.9. The Bertz CT molecular complexity index is 455. The van der Waals surface area contributed by atoms with Crippen molar-refractivity contribution >= 4 is 17.7 Å². The molecule has 3 atom stereocenters. The number of carbonyl (C=O) groups excluding carboxylic acids is 1. The van der Waals surface area contributed by atoms with Crippen LogP contribution < -0.4 is 0 Å². The van der Waals surface area contributed by atoms with Crippen molar-refractivity contribution in [3.8, 4) is 0 Å². The number of thioether (sulfide) groups is 1. The van der Waals surface area contributed by atoms with Crippen LogP contribution in [-0.2, 0) is 4.79 Å². The molecule has 1 aromatic rings. The van der Waals surface area contributed by atoms with Gasteiger partial charge in [0.1, 0.15) is 0 Å². The van der Waals surface area contributed by atoms with E-state index < -0.39 is 0 Å². The van der Waals surface area contributed by atoms with E-state index in [-0.39, 0.29) is 5.92 Å². The van der Waals surface area contributed by atoms with Crippen molar-refractivity contribution in [2.45, 2.75) is 37.4 Å². The summed E-state index contributed by atoms with van der Waals surface area (Å²) in [6.07, 6.45) is 3.63. The molecule has 2 aliphatic rings. The van der Waals surface area contributed by atoms with Crippen molar-refractivity contribution in [1.29, 1.82) is 0 Å². The van der Waals surface area contributed by atoms with E-state index in [0.717, 1.165) is 19.5 Å². The second kappa shape index (κ2) is 6.21. The number of rotatable bonds is 5. The molecule has 0 spiro atoms. The van der Waals surface area contributed by atoms with Crippen LogP contribution in [0.2, 0.25) is 0 Å². The van der Waals surface area contributed by atoms with Gasteiger partial charge in [0.05, 0.1) is 0 Å². The van der Waals surface area contributed by atoms with Gasteiger partial charge < -0.3 is 4.90 Å². The SMILES string of the molecule is CCN(CC1CCCS1)C(=O)[C@H]1C[C@@H]1c1ccccc1. The molecule has 1 saturated heterocycles. The van der Waals surface area contributed by atoms with E-state index in [9.17, 15) is 4.79 Å². The molecule has 1 saturated carbocycles. The van der Waals surface area contributed by atoms with E-state index in [4.69, 9.17) is 0 Å². The lowest BCUT2D eigenvalue weighted by molar-refractivity contribution is -0.132. The van der Waals surface area contributed by atoms with Crippen LogP contribution in [0.3, 0.4) is 0 Å². The summed E-state index contributed by atoms with van der Waals surface area (Å²) in [4.78, 5) is 14.7. The number of carbonyl (C=O) groups is 1. The Hall–Kier alpha value is -0.960. The third kappa shape index (κ3) is 3.03. The lowest BCUT2D eigenvalue weighted by atomic mass is 10.1. The average molecular weight is 289 g/mol. The fraction of sp³-hybridized carbons (Fsp3) is 0.588. The first-order chi connectivity index (χ1) is 9.79. The number of benzene rings is 1. The molecule has 0 radical (unpaired) electrons. The topological polar surface area (TPSA) is 20.3 Å². The average Bonchev–Trinajstić information content (AvgIpc) is 3.13. The summed E-state index contributed by atoms with van der Waals surface area (Å²) in [6, 6.07) is 10.5. The van der Waals surface area contributed by atoms with Crippen molar-refractivity contribution in [2.75, 3.05) is 18.8 Å². The minimum Gasteiger partial charge on any atom is -0.342 e. The van der Waals surface area contributed by atoms with Gasteiger partial charge in [-0.05, 0) is 43.4 Å². The molecular formula is C17H23NOS. The molecule has 1 aliphatic heterocycles. The maximum Gasteiger partial charge on any atom is 0.226 e. The highest BCUT2D eigenvalue weighted by atomic mass is 32.2. The molecular weight excluding hydrogens is 266 g/mol. The van der Waals surface area contributed by atoms with E-state index in [1.54, 1.807) is 0 Å². The number of amides is 1. The Labute approximate surface area is 125 Å². The molecule has 3 rings (SSSR count). The number of hydrogen-bond acceptors (Lipinski definition) is 2. The molecule has 2 fully saturated rings. The first-order valence-electron chi connectivity index (χ1n) is 7.75. The quantitative estimate of drug-likeness (QED) is 0.826. The van der Waals surface area contributed by atoms with Gasteiger partial charge in [0.25, 0.3) is 0 Å². The zero-order valence-electron chi connectivity index (χ0n) is 12.1. The lowest BCUT2D eigenvalue weighted by Gasteiger charge is -2.24. The monoisotopic (exact) mass is 289 g/mol. The zero-order chi connectivity index (χ0) is 13.9. The summed E-state index contributed by atoms with van der Waals surface area (Å²) in [5.41, 5.74) is 1.33. The highest BCUT2D eigenvalue weighted by Gasteiger charge is 2.45. The van der Waals surface area contributed by atoms with E-state index in [1.807, 2.05) is 17.8 Å². The molecule has 2 nitrogen and oxygen atoms in total. The van der Waals surface area contributed by atoms with E-state index >= 15 is 0 Å². The molecule has 0 N–H and O–H groups in total. The smallest absolute Gasteiger partial charge is 0.226 e.